The van der Waals surface area contributed by atoms with Gasteiger partial charge in [-0.2, -0.15) is 0 Å². The van der Waals surface area contributed by atoms with Crippen LogP contribution in [0.4, 0.5) is 0 Å². The van der Waals surface area contributed by atoms with Crippen LogP contribution >= 0.6 is 0 Å². The van der Waals surface area contributed by atoms with Crippen LogP contribution in [-0.4, -0.2) is 57.4 Å². The van der Waals surface area contributed by atoms with Gasteiger partial charge in [-0.1, -0.05) is 0 Å². The van der Waals surface area contributed by atoms with E-state index in [0.29, 0.717) is 19.3 Å². The Balaban J connectivity index is 2.25. The maximum Gasteiger partial charge on any atom is 0.309 e. The van der Waals surface area contributed by atoms with E-state index in [9.17, 15) is 15.0 Å². The first-order chi connectivity index (χ1) is 7.51. The Bertz CT molecular complexity index is 235. The van der Waals surface area contributed by atoms with Crippen molar-refractivity contribution in [1.29, 1.82) is 0 Å². The Labute approximate surface area is 93.5 Å². The molecule has 0 bridgehead atoms. The number of hydrogen-bond acceptors (Lipinski definition) is 6. The highest BCUT2D eigenvalue weighted by Gasteiger charge is 2.35. The molecule has 4 N–H and O–H groups in total. The van der Waals surface area contributed by atoms with Gasteiger partial charge in [-0.25, -0.2) is 0 Å². The molecule has 0 aromatic heterocycles. The molecule has 1 rings (SSSR count). The average Bonchev–Trinajstić information content (AvgIpc) is 2.25. The van der Waals surface area contributed by atoms with Crippen LogP contribution in [0.1, 0.15) is 25.7 Å². The fourth-order valence-electron chi connectivity index (χ4n) is 1.68. The molecule has 0 radical (unpaired) electrons. The van der Waals surface area contributed by atoms with E-state index in [-0.39, 0.29) is 18.5 Å². The van der Waals surface area contributed by atoms with Crippen LogP contribution in [0.25, 0.3) is 0 Å². The largest absolute Gasteiger partial charge is 0.462 e. The lowest BCUT2D eigenvalue weighted by Gasteiger charge is -2.31. The zero-order valence-electron chi connectivity index (χ0n) is 9.00. The predicted octanol–water partition coefficient (Wildman–Crippen LogP) is -1.45. The van der Waals surface area contributed by atoms with Crippen molar-refractivity contribution in [3.63, 3.8) is 0 Å². The summed E-state index contributed by atoms with van der Waals surface area (Å²) in [5.41, 5.74) is -1.68. The molecule has 0 aliphatic carbocycles. The van der Waals surface area contributed by atoms with Crippen molar-refractivity contribution in [2.24, 2.45) is 0 Å². The van der Waals surface area contributed by atoms with Gasteiger partial charge in [0.25, 0.3) is 0 Å². The smallest absolute Gasteiger partial charge is 0.309 e. The molecule has 1 heterocycles. The third-order valence-electron chi connectivity index (χ3n) is 2.90. The molecule has 3 atom stereocenters. The summed E-state index contributed by atoms with van der Waals surface area (Å²) in [5.74, 6) is -0.224. The van der Waals surface area contributed by atoms with Gasteiger partial charge in [0, 0.05) is 0 Å². The van der Waals surface area contributed by atoms with Crippen LogP contribution in [0, 0.1) is 0 Å². The maximum absolute atomic E-state index is 10.5. The standard InChI is InChI=1S/C10H18O6/c11-5-8(13)10(15,6-12)3-1-2-7-4-9(14)16-7/h7-8,11-13,15H,1-6H2. The van der Waals surface area contributed by atoms with E-state index in [4.69, 9.17) is 14.9 Å². The molecule has 1 aliphatic heterocycles. The molecule has 1 fully saturated rings. The fraction of sp³-hybridized carbons (Fsp3) is 0.900. The monoisotopic (exact) mass is 234 g/mol. The second-order valence-electron chi connectivity index (χ2n) is 4.17. The molecular weight excluding hydrogens is 216 g/mol. The van der Waals surface area contributed by atoms with Gasteiger partial charge in [-0.15, -0.1) is 0 Å². The van der Waals surface area contributed by atoms with Gasteiger partial charge < -0.3 is 25.2 Å². The van der Waals surface area contributed by atoms with Crippen molar-refractivity contribution in [2.45, 2.75) is 43.5 Å². The summed E-state index contributed by atoms with van der Waals surface area (Å²) < 4.78 is 4.78. The molecule has 16 heavy (non-hydrogen) atoms. The second-order valence-corrected chi connectivity index (χ2v) is 4.17. The number of aliphatic hydroxyl groups excluding tert-OH is 3. The Morgan fingerprint density at radius 2 is 2.12 bits per heavy atom. The van der Waals surface area contributed by atoms with Gasteiger partial charge in [-0.3, -0.25) is 4.79 Å². The lowest BCUT2D eigenvalue weighted by Crippen LogP contribution is -2.48. The molecule has 6 heteroatoms. The molecule has 6 nitrogen and oxygen atoms in total. The van der Waals surface area contributed by atoms with E-state index < -0.39 is 24.9 Å². The topological polar surface area (TPSA) is 107 Å². The van der Waals surface area contributed by atoms with Gasteiger partial charge >= 0.3 is 5.97 Å². The van der Waals surface area contributed by atoms with Crippen LogP contribution < -0.4 is 0 Å². The zero-order valence-corrected chi connectivity index (χ0v) is 9.00. The predicted molar refractivity (Wildman–Crippen MR) is 53.5 cm³/mol. The summed E-state index contributed by atoms with van der Waals surface area (Å²) in [7, 11) is 0. The molecule has 94 valence electrons. The summed E-state index contributed by atoms with van der Waals surface area (Å²) in [6, 6.07) is 0. The number of carbonyl (C=O) groups is 1. The molecule has 1 aliphatic rings. The van der Waals surface area contributed by atoms with Crippen molar-refractivity contribution >= 4 is 5.97 Å². The molecule has 0 saturated carbocycles. The van der Waals surface area contributed by atoms with Gasteiger partial charge in [-0.05, 0) is 19.3 Å². The van der Waals surface area contributed by atoms with E-state index in [2.05, 4.69) is 0 Å². The average molecular weight is 234 g/mol. The number of aliphatic hydroxyl groups is 4. The highest BCUT2D eigenvalue weighted by molar-refractivity contribution is 5.75. The third kappa shape index (κ3) is 3.15. The van der Waals surface area contributed by atoms with E-state index in [1.807, 2.05) is 0 Å². The van der Waals surface area contributed by atoms with Crippen LogP contribution in [0.3, 0.4) is 0 Å². The maximum atomic E-state index is 10.5. The quantitative estimate of drug-likeness (QED) is 0.401. The van der Waals surface area contributed by atoms with Gasteiger partial charge in [0.1, 0.15) is 17.8 Å². The lowest BCUT2D eigenvalue weighted by molar-refractivity contribution is -0.170. The molecule has 0 aromatic carbocycles. The molecule has 0 amide bonds. The summed E-state index contributed by atoms with van der Waals surface area (Å²) >= 11 is 0. The van der Waals surface area contributed by atoms with Crippen molar-refractivity contribution in [3.8, 4) is 0 Å². The SMILES string of the molecule is O=C1CC(CCCC(O)(CO)C(O)CO)O1. The Morgan fingerprint density at radius 1 is 1.50 bits per heavy atom. The van der Waals surface area contributed by atoms with Crippen molar-refractivity contribution in [2.75, 3.05) is 13.2 Å². The highest BCUT2D eigenvalue weighted by atomic mass is 16.6. The molecular formula is C10H18O6. The van der Waals surface area contributed by atoms with E-state index in [0.717, 1.165) is 0 Å². The first-order valence-corrected chi connectivity index (χ1v) is 5.33. The minimum atomic E-state index is -1.68. The Hall–Kier alpha value is -0.690. The summed E-state index contributed by atoms with van der Waals surface area (Å²) in [6.07, 6.45) is 0.167. The third-order valence-corrected chi connectivity index (χ3v) is 2.90. The summed E-state index contributed by atoms with van der Waals surface area (Å²) in [4.78, 5) is 10.5. The first kappa shape index (κ1) is 13.4. The number of carbonyl (C=O) groups excluding carboxylic acids is 1. The van der Waals surface area contributed by atoms with Crippen LogP contribution in [-0.2, 0) is 9.53 Å². The summed E-state index contributed by atoms with van der Waals surface area (Å²) in [5, 5.41) is 36.8. The number of cyclic esters (lactones) is 1. The van der Waals surface area contributed by atoms with Crippen LogP contribution in [0.15, 0.2) is 0 Å². The Kier molecular flexibility index (Phi) is 4.67. The normalized spacial score (nSPS) is 25.5. The van der Waals surface area contributed by atoms with Gasteiger partial charge in [0.05, 0.1) is 19.6 Å². The Morgan fingerprint density at radius 3 is 2.56 bits per heavy atom. The van der Waals surface area contributed by atoms with Crippen molar-refractivity contribution in [3.05, 3.63) is 0 Å². The van der Waals surface area contributed by atoms with E-state index in [1.165, 1.54) is 0 Å². The molecule has 3 unspecified atom stereocenters. The van der Waals surface area contributed by atoms with Crippen molar-refractivity contribution in [1.82, 2.24) is 0 Å². The van der Waals surface area contributed by atoms with E-state index in [1.54, 1.807) is 0 Å². The number of esters is 1. The first-order valence-electron chi connectivity index (χ1n) is 5.33. The van der Waals surface area contributed by atoms with Gasteiger partial charge in [0.2, 0.25) is 0 Å². The van der Waals surface area contributed by atoms with Crippen LogP contribution in [0.5, 0.6) is 0 Å². The fourth-order valence-corrected chi connectivity index (χ4v) is 1.68. The number of ether oxygens (including phenoxy) is 1. The molecule has 0 spiro atoms. The van der Waals surface area contributed by atoms with Crippen LogP contribution in [0.2, 0.25) is 0 Å². The lowest BCUT2D eigenvalue weighted by atomic mass is 9.90. The minimum Gasteiger partial charge on any atom is -0.462 e. The van der Waals surface area contributed by atoms with E-state index >= 15 is 0 Å². The highest BCUT2D eigenvalue weighted by Crippen LogP contribution is 2.23. The summed E-state index contributed by atoms with van der Waals surface area (Å²) in [6.45, 7) is -1.21. The van der Waals surface area contributed by atoms with Crippen molar-refractivity contribution < 1.29 is 30.0 Å². The van der Waals surface area contributed by atoms with Gasteiger partial charge in [0.15, 0.2) is 0 Å². The second kappa shape index (κ2) is 5.58. The number of rotatable bonds is 7. The number of hydrogen-bond donors (Lipinski definition) is 4. The minimum absolute atomic E-state index is 0.110. The molecule has 0 aromatic rings. The zero-order chi connectivity index (χ0) is 12.2. The molecule has 1 saturated heterocycles.